The number of carbonyl (C=O) groups excluding carboxylic acids is 1. The zero-order valence-corrected chi connectivity index (χ0v) is 21.1. The van der Waals surface area contributed by atoms with Crippen LogP contribution in [0.25, 0.3) is 12.2 Å². The van der Waals surface area contributed by atoms with Crippen LogP contribution in [0.3, 0.4) is 0 Å². The van der Waals surface area contributed by atoms with Gasteiger partial charge in [0.15, 0.2) is 0 Å². The van der Waals surface area contributed by atoms with Crippen LogP contribution in [0.4, 0.5) is 16.2 Å². The summed E-state index contributed by atoms with van der Waals surface area (Å²) in [6.45, 7) is 0. The summed E-state index contributed by atoms with van der Waals surface area (Å²) in [6, 6.07) is 34.0. The first-order valence-corrected chi connectivity index (χ1v) is 13.6. The van der Waals surface area contributed by atoms with E-state index in [9.17, 15) is 0 Å². The van der Waals surface area contributed by atoms with Gasteiger partial charge in [0.1, 0.15) is 0 Å². The standard InChI is InChI=1S/C35H28N2O/c38-35(36-29-21-9-17-23-15-7-19-27(31(23)29)33(36)25-11-3-1-4-12-25)37-30-22-10-18-24-16-8-20-28(32(24)30)34(37)26-13-5-2-6-14-26/h1-18,21-22,27-28,33-34H,19-20H2. The highest BCUT2D eigenvalue weighted by atomic mass is 16.2. The van der Waals surface area contributed by atoms with E-state index >= 15 is 4.79 Å². The molecule has 2 heterocycles. The van der Waals surface area contributed by atoms with Gasteiger partial charge in [-0.3, -0.25) is 9.80 Å². The molecule has 8 rings (SSSR count). The van der Waals surface area contributed by atoms with Crippen LogP contribution in [0.15, 0.2) is 109 Å². The van der Waals surface area contributed by atoms with Crippen LogP contribution in [-0.4, -0.2) is 6.03 Å². The summed E-state index contributed by atoms with van der Waals surface area (Å²) >= 11 is 0. The van der Waals surface area contributed by atoms with Gasteiger partial charge in [0.25, 0.3) is 0 Å². The monoisotopic (exact) mass is 492 g/mol. The number of rotatable bonds is 2. The van der Waals surface area contributed by atoms with Gasteiger partial charge in [0, 0.05) is 11.8 Å². The molecular weight excluding hydrogens is 464 g/mol. The Morgan fingerprint density at radius 2 is 1.00 bits per heavy atom. The molecule has 0 fully saturated rings. The average Bonchev–Trinajstić information content (AvgIpc) is 3.50. The molecule has 2 amide bonds. The maximum Gasteiger partial charge on any atom is 0.330 e. The molecule has 4 aliphatic rings. The Morgan fingerprint density at radius 3 is 1.45 bits per heavy atom. The first kappa shape index (κ1) is 21.7. The number of amides is 2. The highest BCUT2D eigenvalue weighted by molar-refractivity contribution is 6.08. The van der Waals surface area contributed by atoms with E-state index < -0.39 is 0 Å². The van der Waals surface area contributed by atoms with Gasteiger partial charge in [-0.1, -0.05) is 109 Å². The summed E-state index contributed by atoms with van der Waals surface area (Å²) in [5.41, 5.74) is 9.57. The van der Waals surface area contributed by atoms with Crippen LogP contribution >= 0.6 is 0 Å². The minimum Gasteiger partial charge on any atom is -0.286 e. The lowest BCUT2D eigenvalue weighted by Crippen LogP contribution is -2.45. The molecule has 0 radical (unpaired) electrons. The number of hydrogen-bond acceptors (Lipinski definition) is 1. The number of hydrogen-bond donors (Lipinski definition) is 0. The summed E-state index contributed by atoms with van der Waals surface area (Å²) in [5, 5.41) is 0. The Morgan fingerprint density at radius 1 is 0.553 bits per heavy atom. The number of anilines is 2. The molecule has 3 heteroatoms. The fourth-order valence-electron chi connectivity index (χ4n) is 7.43. The predicted octanol–water partition coefficient (Wildman–Crippen LogP) is 8.63. The van der Waals surface area contributed by atoms with E-state index in [1.54, 1.807) is 0 Å². The van der Waals surface area contributed by atoms with Crippen molar-refractivity contribution in [2.75, 3.05) is 9.80 Å². The van der Waals surface area contributed by atoms with E-state index in [1.807, 2.05) is 0 Å². The number of urea groups is 1. The Hall–Kier alpha value is -4.37. The van der Waals surface area contributed by atoms with Crippen molar-refractivity contribution in [2.45, 2.75) is 36.8 Å². The van der Waals surface area contributed by atoms with Crippen LogP contribution < -0.4 is 9.80 Å². The van der Waals surface area contributed by atoms with Crippen LogP contribution in [0.5, 0.6) is 0 Å². The van der Waals surface area contributed by atoms with Gasteiger partial charge in [0.05, 0.1) is 23.5 Å². The van der Waals surface area contributed by atoms with Gasteiger partial charge in [-0.25, -0.2) is 4.79 Å². The van der Waals surface area contributed by atoms with E-state index in [1.165, 1.54) is 33.4 Å². The molecular formula is C35H28N2O. The second-order valence-electron chi connectivity index (χ2n) is 10.8. The lowest BCUT2D eigenvalue weighted by Gasteiger charge is -2.36. The second-order valence-corrected chi connectivity index (χ2v) is 10.8. The van der Waals surface area contributed by atoms with E-state index in [0.717, 1.165) is 24.2 Å². The van der Waals surface area contributed by atoms with Crippen molar-refractivity contribution in [3.05, 3.63) is 143 Å². The van der Waals surface area contributed by atoms with E-state index in [4.69, 9.17) is 0 Å². The zero-order valence-electron chi connectivity index (χ0n) is 21.1. The molecule has 4 aromatic rings. The molecule has 0 N–H and O–H groups in total. The summed E-state index contributed by atoms with van der Waals surface area (Å²) in [5.74, 6) is 0.489. The van der Waals surface area contributed by atoms with Gasteiger partial charge < -0.3 is 0 Å². The molecule has 0 bridgehead atoms. The molecule has 4 aromatic carbocycles. The third-order valence-corrected chi connectivity index (χ3v) is 8.88. The Balaban J connectivity index is 1.33. The average molecular weight is 493 g/mol. The van der Waals surface area contributed by atoms with Crippen LogP contribution in [0, 0.1) is 0 Å². The van der Waals surface area contributed by atoms with Gasteiger partial charge in [-0.05, 0) is 58.4 Å². The molecule has 0 saturated carbocycles. The number of benzene rings is 4. The van der Waals surface area contributed by atoms with Crippen molar-refractivity contribution in [1.82, 2.24) is 0 Å². The Kier molecular flexibility index (Phi) is 4.75. The molecule has 4 unspecified atom stereocenters. The van der Waals surface area contributed by atoms with E-state index in [0.29, 0.717) is 0 Å². The number of allylic oxidation sites excluding steroid dienone is 2. The molecule has 2 aliphatic carbocycles. The van der Waals surface area contributed by atoms with Crippen LogP contribution in [-0.2, 0) is 0 Å². The summed E-state index contributed by atoms with van der Waals surface area (Å²) in [7, 11) is 0. The van der Waals surface area contributed by atoms with Crippen molar-refractivity contribution >= 4 is 29.6 Å². The zero-order chi connectivity index (χ0) is 25.2. The first-order valence-electron chi connectivity index (χ1n) is 13.6. The van der Waals surface area contributed by atoms with Crippen LogP contribution in [0.2, 0.25) is 0 Å². The molecule has 4 atom stereocenters. The molecule has 184 valence electrons. The topological polar surface area (TPSA) is 23.6 Å². The molecule has 3 nitrogen and oxygen atoms in total. The minimum absolute atomic E-state index is 0.0461. The largest absolute Gasteiger partial charge is 0.330 e. The lowest BCUT2D eigenvalue weighted by atomic mass is 9.82. The Bertz CT molecular complexity index is 1500. The number of nitrogens with zero attached hydrogens (tertiary/aromatic N) is 2. The summed E-state index contributed by atoms with van der Waals surface area (Å²) in [6.07, 6.45) is 10.9. The molecule has 0 aromatic heterocycles. The fraction of sp³-hybridized carbons (Fsp3) is 0.171. The van der Waals surface area contributed by atoms with Gasteiger partial charge in [0.2, 0.25) is 0 Å². The van der Waals surface area contributed by atoms with Crippen molar-refractivity contribution in [1.29, 1.82) is 0 Å². The van der Waals surface area contributed by atoms with E-state index in [2.05, 4.69) is 131 Å². The van der Waals surface area contributed by atoms with Crippen molar-refractivity contribution in [3.63, 3.8) is 0 Å². The quantitative estimate of drug-likeness (QED) is 0.275. The third kappa shape index (κ3) is 2.99. The van der Waals surface area contributed by atoms with Crippen molar-refractivity contribution in [2.24, 2.45) is 0 Å². The molecule has 0 spiro atoms. The maximum atomic E-state index is 15.1. The lowest BCUT2D eigenvalue weighted by molar-refractivity contribution is 0.246. The van der Waals surface area contributed by atoms with Gasteiger partial charge in [-0.15, -0.1) is 0 Å². The van der Waals surface area contributed by atoms with Gasteiger partial charge in [-0.2, -0.15) is 0 Å². The maximum absolute atomic E-state index is 15.1. The SMILES string of the molecule is O=C(N1c2cccc3c2C(CC=C3)C1c1ccccc1)N1c2cccc3c2C(CC=C3)C1c1ccccc1. The second kappa shape index (κ2) is 8.32. The summed E-state index contributed by atoms with van der Waals surface area (Å²) in [4.78, 5) is 19.4. The first-order chi connectivity index (χ1) is 18.8. The summed E-state index contributed by atoms with van der Waals surface area (Å²) < 4.78 is 0. The van der Waals surface area contributed by atoms with E-state index in [-0.39, 0.29) is 30.0 Å². The smallest absolute Gasteiger partial charge is 0.286 e. The third-order valence-electron chi connectivity index (χ3n) is 8.88. The number of carbonyl (C=O) groups is 1. The van der Waals surface area contributed by atoms with Crippen molar-refractivity contribution in [3.8, 4) is 0 Å². The van der Waals surface area contributed by atoms with Crippen molar-refractivity contribution < 1.29 is 4.79 Å². The molecule has 38 heavy (non-hydrogen) atoms. The highest BCUT2D eigenvalue weighted by Crippen LogP contribution is 2.58. The predicted molar refractivity (Wildman–Crippen MR) is 154 cm³/mol. The highest BCUT2D eigenvalue weighted by Gasteiger charge is 2.50. The molecule has 0 saturated heterocycles. The minimum atomic E-state index is -0.0461. The fourth-order valence-corrected chi connectivity index (χ4v) is 7.43. The molecule has 2 aliphatic heterocycles. The van der Waals surface area contributed by atoms with Gasteiger partial charge >= 0.3 is 6.03 Å². The normalized spacial score (nSPS) is 23.9. The Labute approximate surface area is 223 Å². The van der Waals surface area contributed by atoms with Crippen LogP contribution in [0.1, 0.15) is 70.1 Å².